The molecule has 1 fully saturated rings. The smallest absolute Gasteiger partial charge is 0.337 e. The van der Waals surface area contributed by atoms with Gasteiger partial charge in [-0.15, -0.1) is 0 Å². The van der Waals surface area contributed by atoms with Crippen LogP contribution in [0.15, 0.2) is 42.5 Å². The van der Waals surface area contributed by atoms with Gasteiger partial charge in [-0.1, -0.05) is 0 Å². The lowest BCUT2D eigenvalue weighted by atomic mass is 10.2. The van der Waals surface area contributed by atoms with Crippen molar-refractivity contribution in [1.82, 2.24) is 9.97 Å². The molecule has 0 atom stereocenters. The monoisotopic (exact) mass is 321 g/mol. The molecule has 2 heterocycles. The molecule has 1 saturated heterocycles. The lowest BCUT2D eigenvalue weighted by Crippen LogP contribution is -2.17. The summed E-state index contributed by atoms with van der Waals surface area (Å²) in [4.78, 5) is 21.9. The van der Waals surface area contributed by atoms with Crippen molar-refractivity contribution >= 4 is 22.7 Å². The molecule has 0 bridgehead atoms. The number of ether oxygens (including phenoxy) is 1. The second kappa shape index (κ2) is 6.00. The molecule has 5 heteroatoms. The first-order valence-corrected chi connectivity index (χ1v) is 8.18. The highest BCUT2D eigenvalue weighted by Crippen LogP contribution is 2.26. The summed E-state index contributed by atoms with van der Waals surface area (Å²) < 4.78 is 4.76. The van der Waals surface area contributed by atoms with E-state index in [1.807, 2.05) is 6.07 Å². The number of rotatable bonds is 3. The van der Waals surface area contributed by atoms with E-state index in [0.29, 0.717) is 5.56 Å². The van der Waals surface area contributed by atoms with E-state index in [1.165, 1.54) is 25.6 Å². The Balaban J connectivity index is 1.64. The molecule has 0 aliphatic carbocycles. The third-order valence-electron chi connectivity index (χ3n) is 4.51. The zero-order chi connectivity index (χ0) is 16.5. The molecule has 4 rings (SSSR count). The van der Waals surface area contributed by atoms with Gasteiger partial charge in [0, 0.05) is 24.3 Å². The Bertz CT molecular complexity index is 877. The minimum atomic E-state index is -0.344. The Morgan fingerprint density at radius 3 is 2.58 bits per heavy atom. The number of benzene rings is 2. The number of hydrogen-bond donors (Lipinski definition) is 1. The molecule has 0 amide bonds. The van der Waals surface area contributed by atoms with E-state index >= 15 is 0 Å². The minimum absolute atomic E-state index is 0.344. The lowest BCUT2D eigenvalue weighted by molar-refractivity contribution is 0.0601. The maximum absolute atomic E-state index is 11.6. The number of esters is 1. The number of hydrogen-bond acceptors (Lipinski definition) is 4. The maximum Gasteiger partial charge on any atom is 0.337 e. The molecule has 2 aromatic carbocycles. The molecule has 5 nitrogen and oxygen atoms in total. The number of H-pyrrole nitrogens is 1. The number of nitrogens with zero attached hydrogens (tertiary/aromatic N) is 2. The summed E-state index contributed by atoms with van der Waals surface area (Å²) in [5.74, 6) is 0.461. The topological polar surface area (TPSA) is 58.2 Å². The van der Waals surface area contributed by atoms with Gasteiger partial charge in [0.2, 0.25) is 0 Å². The van der Waals surface area contributed by atoms with E-state index in [0.717, 1.165) is 35.5 Å². The van der Waals surface area contributed by atoms with Crippen LogP contribution in [0.3, 0.4) is 0 Å². The van der Waals surface area contributed by atoms with Gasteiger partial charge in [-0.3, -0.25) is 0 Å². The van der Waals surface area contributed by atoms with Crippen LogP contribution < -0.4 is 4.90 Å². The Labute approximate surface area is 140 Å². The van der Waals surface area contributed by atoms with E-state index in [1.54, 1.807) is 12.1 Å². The van der Waals surface area contributed by atoms with E-state index in [-0.39, 0.29) is 5.97 Å². The van der Waals surface area contributed by atoms with Gasteiger partial charge in [0.25, 0.3) is 0 Å². The van der Waals surface area contributed by atoms with Crippen LogP contribution in [-0.4, -0.2) is 36.1 Å². The van der Waals surface area contributed by atoms with Gasteiger partial charge in [-0.05, 0) is 55.3 Å². The van der Waals surface area contributed by atoms with Gasteiger partial charge in [-0.2, -0.15) is 0 Å². The van der Waals surface area contributed by atoms with Gasteiger partial charge < -0.3 is 14.6 Å². The highest BCUT2D eigenvalue weighted by molar-refractivity contribution is 5.94. The summed E-state index contributed by atoms with van der Waals surface area (Å²) in [5, 5.41) is 0. The highest BCUT2D eigenvalue weighted by Gasteiger charge is 2.13. The summed E-state index contributed by atoms with van der Waals surface area (Å²) in [6.07, 6.45) is 2.54. The number of imidazole rings is 1. The zero-order valence-corrected chi connectivity index (χ0v) is 13.6. The van der Waals surface area contributed by atoms with E-state index in [9.17, 15) is 4.79 Å². The largest absolute Gasteiger partial charge is 0.465 e. The molecule has 0 spiro atoms. The van der Waals surface area contributed by atoms with E-state index in [2.05, 4.69) is 39.1 Å². The van der Waals surface area contributed by atoms with E-state index < -0.39 is 0 Å². The maximum atomic E-state index is 11.6. The molecule has 1 aliphatic heterocycles. The Morgan fingerprint density at radius 2 is 1.88 bits per heavy atom. The fraction of sp³-hybridized carbons (Fsp3) is 0.263. The van der Waals surface area contributed by atoms with Gasteiger partial charge >= 0.3 is 5.97 Å². The quantitative estimate of drug-likeness (QED) is 0.749. The predicted octanol–water partition coefficient (Wildman–Crippen LogP) is 3.62. The number of aromatic nitrogens is 2. The molecule has 0 radical (unpaired) electrons. The Kier molecular flexibility index (Phi) is 3.69. The first-order chi connectivity index (χ1) is 11.7. The lowest BCUT2D eigenvalue weighted by Gasteiger charge is -2.17. The third-order valence-corrected chi connectivity index (χ3v) is 4.51. The van der Waals surface area contributed by atoms with Gasteiger partial charge in [0.1, 0.15) is 5.82 Å². The highest BCUT2D eigenvalue weighted by atomic mass is 16.5. The minimum Gasteiger partial charge on any atom is -0.465 e. The second-order valence-corrected chi connectivity index (χ2v) is 6.05. The van der Waals surface area contributed by atoms with Crippen molar-refractivity contribution < 1.29 is 9.53 Å². The van der Waals surface area contributed by atoms with Crippen LogP contribution in [0.1, 0.15) is 23.2 Å². The fourth-order valence-corrected chi connectivity index (χ4v) is 3.20. The van der Waals surface area contributed by atoms with Crippen LogP contribution in [-0.2, 0) is 4.74 Å². The number of anilines is 1. The van der Waals surface area contributed by atoms with Gasteiger partial charge in [0.05, 0.1) is 23.7 Å². The SMILES string of the molecule is COC(=O)c1ccc2nc(-c3ccc(N4CCCC4)cc3)[nH]c2c1. The van der Waals surface area contributed by atoms with Gasteiger partial charge in [0.15, 0.2) is 0 Å². The molecule has 0 unspecified atom stereocenters. The number of carbonyl (C=O) groups excluding carboxylic acids is 1. The number of aromatic amines is 1. The van der Waals surface area contributed by atoms with E-state index in [4.69, 9.17) is 4.74 Å². The molecule has 0 saturated carbocycles. The van der Waals surface area contributed by atoms with Crippen molar-refractivity contribution in [1.29, 1.82) is 0 Å². The first kappa shape index (κ1) is 14.8. The standard InChI is InChI=1S/C19H19N3O2/c1-24-19(23)14-6-9-16-17(12-14)21-18(20-16)13-4-7-15(8-5-13)22-10-2-3-11-22/h4-9,12H,2-3,10-11H2,1H3,(H,20,21). The summed E-state index contributed by atoms with van der Waals surface area (Å²) in [5.41, 5.74) is 4.48. The number of methoxy groups -OCH3 is 1. The Morgan fingerprint density at radius 1 is 1.12 bits per heavy atom. The molecule has 1 aliphatic rings. The summed E-state index contributed by atoms with van der Waals surface area (Å²) in [6.45, 7) is 2.28. The normalized spacial score (nSPS) is 14.3. The van der Waals surface area contributed by atoms with Crippen LogP contribution in [0.25, 0.3) is 22.4 Å². The van der Waals surface area contributed by atoms with Crippen LogP contribution in [0, 0.1) is 0 Å². The number of fused-ring (bicyclic) bond motifs is 1. The van der Waals surface area contributed by atoms with Crippen molar-refractivity contribution in [2.24, 2.45) is 0 Å². The van der Waals surface area contributed by atoms with Crippen molar-refractivity contribution in [2.75, 3.05) is 25.1 Å². The predicted molar refractivity (Wildman–Crippen MR) is 94.3 cm³/mol. The van der Waals surface area contributed by atoms with Crippen molar-refractivity contribution in [2.45, 2.75) is 12.8 Å². The van der Waals surface area contributed by atoms with Gasteiger partial charge in [-0.25, -0.2) is 9.78 Å². The van der Waals surface area contributed by atoms with Crippen LogP contribution in [0.4, 0.5) is 5.69 Å². The molecule has 24 heavy (non-hydrogen) atoms. The molecule has 3 aromatic rings. The summed E-state index contributed by atoms with van der Waals surface area (Å²) >= 11 is 0. The molecule has 1 aromatic heterocycles. The summed E-state index contributed by atoms with van der Waals surface area (Å²) in [7, 11) is 1.38. The summed E-state index contributed by atoms with van der Waals surface area (Å²) in [6, 6.07) is 13.8. The average Bonchev–Trinajstić information content (AvgIpc) is 3.30. The fourth-order valence-electron chi connectivity index (χ4n) is 3.20. The van der Waals surface area contributed by atoms with Crippen LogP contribution in [0.5, 0.6) is 0 Å². The first-order valence-electron chi connectivity index (χ1n) is 8.18. The number of nitrogens with one attached hydrogen (secondary N) is 1. The number of carbonyl (C=O) groups is 1. The van der Waals surface area contributed by atoms with Crippen LogP contribution >= 0.6 is 0 Å². The van der Waals surface area contributed by atoms with Crippen molar-refractivity contribution in [3.05, 3.63) is 48.0 Å². The van der Waals surface area contributed by atoms with Crippen molar-refractivity contribution in [3.8, 4) is 11.4 Å². The second-order valence-electron chi connectivity index (χ2n) is 6.05. The molecular weight excluding hydrogens is 302 g/mol. The molecule has 122 valence electrons. The van der Waals surface area contributed by atoms with Crippen LogP contribution in [0.2, 0.25) is 0 Å². The zero-order valence-electron chi connectivity index (χ0n) is 13.6. The molecule has 1 N–H and O–H groups in total. The molecular formula is C19H19N3O2. The van der Waals surface area contributed by atoms with Crippen molar-refractivity contribution in [3.63, 3.8) is 0 Å². The Hall–Kier alpha value is -2.82. The average molecular weight is 321 g/mol. The third kappa shape index (κ3) is 2.62.